The first-order valence-electron chi connectivity index (χ1n) is 4.52. The lowest BCUT2D eigenvalue weighted by atomic mass is 10.2. The van der Waals surface area contributed by atoms with Gasteiger partial charge in [0.2, 0.25) is 5.82 Å². The topological polar surface area (TPSA) is 38.9 Å². The zero-order valence-electron chi connectivity index (χ0n) is 8.03. The molecule has 0 N–H and O–H groups in total. The van der Waals surface area contributed by atoms with E-state index in [4.69, 9.17) is 0 Å². The number of rotatable bonds is 1. The molecule has 0 atom stereocenters. The highest BCUT2D eigenvalue weighted by Gasteiger charge is 2.38. The second kappa shape index (κ2) is 3.96. The molecule has 1 aromatic heterocycles. The quantitative estimate of drug-likeness (QED) is 0.741. The van der Waals surface area contributed by atoms with Crippen LogP contribution in [0.4, 0.5) is 13.2 Å². The summed E-state index contributed by atoms with van der Waals surface area (Å²) in [6.07, 6.45) is 4.77. The SMILES string of the molecule is FC(F)(F)c1nc(C2=CCC=CC=C2)no1. The van der Waals surface area contributed by atoms with Crippen molar-refractivity contribution in [1.29, 1.82) is 0 Å². The van der Waals surface area contributed by atoms with Crippen LogP contribution >= 0.6 is 0 Å². The lowest BCUT2D eigenvalue weighted by Gasteiger charge is -1.96. The van der Waals surface area contributed by atoms with Crippen LogP contribution in [-0.4, -0.2) is 10.1 Å². The van der Waals surface area contributed by atoms with Gasteiger partial charge in [-0.2, -0.15) is 18.2 Å². The van der Waals surface area contributed by atoms with Crippen molar-refractivity contribution in [3.63, 3.8) is 0 Å². The fourth-order valence-electron chi connectivity index (χ4n) is 1.20. The van der Waals surface area contributed by atoms with E-state index in [0.29, 0.717) is 12.0 Å². The Bertz CT molecular complexity index is 469. The van der Waals surface area contributed by atoms with Crippen LogP contribution in [0, 0.1) is 0 Å². The van der Waals surface area contributed by atoms with Crippen LogP contribution in [0.15, 0.2) is 34.9 Å². The van der Waals surface area contributed by atoms with E-state index in [9.17, 15) is 13.2 Å². The Kier molecular flexibility index (Phi) is 2.64. The minimum absolute atomic E-state index is 0.0488. The molecule has 1 heterocycles. The molecule has 0 spiro atoms. The van der Waals surface area contributed by atoms with Crippen molar-refractivity contribution in [2.24, 2.45) is 0 Å². The molecule has 1 aliphatic rings. The lowest BCUT2D eigenvalue weighted by molar-refractivity contribution is -0.159. The van der Waals surface area contributed by atoms with Gasteiger partial charge in [0.25, 0.3) is 0 Å². The van der Waals surface area contributed by atoms with Crippen LogP contribution in [0.5, 0.6) is 0 Å². The molecule has 0 amide bonds. The smallest absolute Gasteiger partial charge is 0.329 e. The Labute approximate surface area is 89.0 Å². The number of nitrogens with zero attached hydrogens (tertiary/aromatic N) is 2. The van der Waals surface area contributed by atoms with E-state index in [1.165, 1.54) is 0 Å². The van der Waals surface area contributed by atoms with Crippen molar-refractivity contribution >= 4 is 5.57 Å². The first-order valence-corrected chi connectivity index (χ1v) is 4.52. The molecule has 2 rings (SSSR count). The molecular weight excluding hydrogens is 221 g/mol. The minimum Gasteiger partial charge on any atom is -0.329 e. The molecule has 0 fully saturated rings. The van der Waals surface area contributed by atoms with Gasteiger partial charge in [-0.3, -0.25) is 0 Å². The third-order valence-electron chi connectivity index (χ3n) is 1.92. The van der Waals surface area contributed by atoms with Crippen molar-refractivity contribution in [1.82, 2.24) is 10.1 Å². The molecule has 0 saturated carbocycles. The van der Waals surface area contributed by atoms with E-state index in [1.807, 2.05) is 6.08 Å². The van der Waals surface area contributed by atoms with Crippen molar-refractivity contribution in [3.8, 4) is 0 Å². The Morgan fingerprint density at radius 2 is 2.06 bits per heavy atom. The Balaban J connectivity index is 2.29. The van der Waals surface area contributed by atoms with E-state index < -0.39 is 12.1 Å². The molecule has 0 saturated heterocycles. The van der Waals surface area contributed by atoms with E-state index in [2.05, 4.69) is 14.7 Å². The third kappa shape index (κ3) is 2.21. The molecule has 84 valence electrons. The highest BCUT2D eigenvalue weighted by Crippen LogP contribution is 2.28. The maximum Gasteiger partial charge on any atom is 0.471 e. The maximum absolute atomic E-state index is 12.2. The summed E-state index contributed by atoms with van der Waals surface area (Å²) in [6.45, 7) is 0. The van der Waals surface area contributed by atoms with Crippen molar-refractivity contribution < 1.29 is 17.7 Å². The molecule has 0 unspecified atom stereocenters. The van der Waals surface area contributed by atoms with Crippen LogP contribution in [-0.2, 0) is 6.18 Å². The van der Waals surface area contributed by atoms with Crippen molar-refractivity contribution in [2.45, 2.75) is 12.6 Å². The molecule has 0 radical (unpaired) electrons. The van der Waals surface area contributed by atoms with Gasteiger partial charge < -0.3 is 4.52 Å². The number of allylic oxidation sites excluding steroid dienone is 6. The molecule has 0 aliphatic heterocycles. The summed E-state index contributed by atoms with van der Waals surface area (Å²) in [5, 5.41) is 3.29. The molecule has 0 aromatic carbocycles. The van der Waals surface area contributed by atoms with Gasteiger partial charge in [-0.05, 0) is 6.42 Å². The van der Waals surface area contributed by atoms with Crippen LogP contribution in [0.1, 0.15) is 18.1 Å². The molecule has 1 aliphatic carbocycles. The highest BCUT2D eigenvalue weighted by atomic mass is 19.4. The summed E-state index contributed by atoms with van der Waals surface area (Å²) in [5.41, 5.74) is 0.518. The van der Waals surface area contributed by atoms with Crippen LogP contribution in [0.3, 0.4) is 0 Å². The highest BCUT2D eigenvalue weighted by molar-refractivity contribution is 5.70. The first kappa shape index (κ1) is 10.7. The number of halogens is 3. The average Bonchev–Trinajstić information content (AvgIpc) is 2.55. The predicted octanol–water partition coefficient (Wildman–Crippen LogP) is 2.99. The lowest BCUT2D eigenvalue weighted by Crippen LogP contribution is -2.05. The molecular formula is C10H7F3N2O. The summed E-state index contributed by atoms with van der Waals surface area (Å²) in [7, 11) is 0. The fraction of sp³-hybridized carbons (Fsp3) is 0.200. The fourth-order valence-corrected chi connectivity index (χ4v) is 1.20. The second-order valence-electron chi connectivity index (χ2n) is 3.10. The van der Waals surface area contributed by atoms with Gasteiger partial charge in [0.05, 0.1) is 0 Å². The minimum atomic E-state index is -4.60. The molecule has 16 heavy (non-hydrogen) atoms. The van der Waals surface area contributed by atoms with Crippen LogP contribution in [0.25, 0.3) is 5.57 Å². The molecule has 6 heteroatoms. The Morgan fingerprint density at radius 3 is 2.75 bits per heavy atom. The third-order valence-corrected chi connectivity index (χ3v) is 1.92. The summed E-state index contributed by atoms with van der Waals surface area (Å²) >= 11 is 0. The van der Waals surface area contributed by atoms with Gasteiger partial charge in [-0.15, -0.1) is 0 Å². The number of aromatic nitrogens is 2. The van der Waals surface area contributed by atoms with E-state index in [0.717, 1.165) is 0 Å². The zero-order chi connectivity index (χ0) is 11.6. The van der Waals surface area contributed by atoms with E-state index in [1.54, 1.807) is 24.3 Å². The largest absolute Gasteiger partial charge is 0.471 e. The molecule has 3 nitrogen and oxygen atoms in total. The Hall–Kier alpha value is -1.85. The number of hydrogen-bond donors (Lipinski definition) is 0. The average molecular weight is 228 g/mol. The van der Waals surface area contributed by atoms with Gasteiger partial charge in [0, 0.05) is 5.57 Å². The summed E-state index contributed by atoms with van der Waals surface area (Å²) in [6, 6.07) is 0. The summed E-state index contributed by atoms with van der Waals surface area (Å²) in [4.78, 5) is 3.30. The zero-order valence-corrected chi connectivity index (χ0v) is 8.03. The predicted molar refractivity (Wildman–Crippen MR) is 50.2 cm³/mol. The van der Waals surface area contributed by atoms with Crippen molar-refractivity contribution in [3.05, 3.63) is 42.1 Å². The maximum atomic E-state index is 12.2. The Morgan fingerprint density at radius 1 is 1.25 bits per heavy atom. The summed E-state index contributed by atoms with van der Waals surface area (Å²) in [5.74, 6) is -1.37. The second-order valence-corrected chi connectivity index (χ2v) is 3.10. The number of alkyl halides is 3. The monoisotopic (exact) mass is 228 g/mol. The summed E-state index contributed by atoms with van der Waals surface area (Å²) < 4.78 is 40.7. The van der Waals surface area contributed by atoms with Gasteiger partial charge >= 0.3 is 12.1 Å². The number of hydrogen-bond acceptors (Lipinski definition) is 3. The van der Waals surface area contributed by atoms with Gasteiger partial charge in [0.15, 0.2) is 0 Å². The van der Waals surface area contributed by atoms with E-state index >= 15 is 0 Å². The van der Waals surface area contributed by atoms with Gasteiger partial charge in [-0.1, -0.05) is 35.5 Å². The van der Waals surface area contributed by atoms with Gasteiger partial charge in [0.1, 0.15) is 0 Å². The first-order chi connectivity index (χ1) is 7.57. The van der Waals surface area contributed by atoms with Crippen molar-refractivity contribution in [2.75, 3.05) is 0 Å². The molecule has 0 bridgehead atoms. The van der Waals surface area contributed by atoms with Gasteiger partial charge in [-0.25, -0.2) is 0 Å². The van der Waals surface area contributed by atoms with Crippen LogP contribution < -0.4 is 0 Å². The van der Waals surface area contributed by atoms with E-state index in [-0.39, 0.29) is 5.82 Å². The normalized spacial score (nSPS) is 16.1. The standard InChI is InChI=1S/C10H7F3N2O/c11-10(12,13)9-14-8(15-16-9)7-5-3-1-2-4-6-7/h1-3,5-6H,4H2. The van der Waals surface area contributed by atoms with Crippen LogP contribution in [0.2, 0.25) is 0 Å². The molecule has 1 aromatic rings.